The molecule has 0 saturated carbocycles. The molecule has 6 N–H and O–H groups in total. The molecule has 3 aromatic rings. The number of hydrogen-bond acceptors (Lipinski definition) is 8. The SMILES string of the molecule is C=C(O)C(O)C(O)C(O)C(O)/C=N/c1nc2ccc(Sc3ccccc3)cc2[nH]1. The average molecular weight is 415 g/mol. The van der Waals surface area contributed by atoms with Gasteiger partial charge in [-0.15, -0.1) is 0 Å². The third-order valence-corrected chi connectivity index (χ3v) is 5.13. The molecule has 152 valence electrons. The number of aliphatic hydroxyl groups excluding tert-OH is 5. The van der Waals surface area contributed by atoms with E-state index in [-0.39, 0.29) is 5.95 Å². The summed E-state index contributed by atoms with van der Waals surface area (Å²) in [5.74, 6) is -0.517. The monoisotopic (exact) mass is 415 g/mol. The lowest BCUT2D eigenvalue weighted by atomic mass is 10.0. The maximum absolute atomic E-state index is 9.94. The van der Waals surface area contributed by atoms with Crippen LogP contribution in [0, 0.1) is 0 Å². The van der Waals surface area contributed by atoms with Crippen LogP contribution in [0.5, 0.6) is 0 Å². The Morgan fingerprint density at radius 2 is 1.76 bits per heavy atom. The van der Waals surface area contributed by atoms with Gasteiger partial charge in [-0.1, -0.05) is 36.5 Å². The van der Waals surface area contributed by atoms with E-state index >= 15 is 0 Å². The zero-order valence-corrected chi connectivity index (χ0v) is 16.1. The minimum Gasteiger partial charge on any atom is -0.510 e. The molecule has 4 unspecified atom stereocenters. The molecule has 3 rings (SSSR count). The van der Waals surface area contributed by atoms with Gasteiger partial charge in [0.05, 0.1) is 11.0 Å². The summed E-state index contributed by atoms with van der Waals surface area (Å²) in [6, 6.07) is 15.6. The van der Waals surface area contributed by atoms with Crippen molar-refractivity contribution in [1.82, 2.24) is 9.97 Å². The van der Waals surface area contributed by atoms with Crippen molar-refractivity contribution < 1.29 is 25.5 Å². The van der Waals surface area contributed by atoms with E-state index < -0.39 is 30.2 Å². The smallest absolute Gasteiger partial charge is 0.227 e. The van der Waals surface area contributed by atoms with Crippen LogP contribution < -0.4 is 0 Å². The fraction of sp³-hybridized carbons (Fsp3) is 0.200. The van der Waals surface area contributed by atoms with Gasteiger partial charge in [-0.05, 0) is 30.3 Å². The molecule has 0 aliphatic carbocycles. The van der Waals surface area contributed by atoms with E-state index in [1.165, 1.54) is 0 Å². The van der Waals surface area contributed by atoms with Crippen molar-refractivity contribution in [3.8, 4) is 0 Å². The Labute approximate surface area is 170 Å². The Morgan fingerprint density at radius 3 is 2.45 bits per heavy atom. The number of nitrogens with zero attached hydrogens (tertiary/aromatic N) is 2. The first-order chi connectivity index (χ1) is 13.8. The van der Waals surface area contributed by atoms with E-state index in [9.17, 15) is 20.4 Å². The van der Waals surface area contributed by atoms with E-state index in [1.807, 2.05) is 48.5 Å². The van der Waals surface area contributed by atoms with E-state index in [0.29, 0.717) is 5.52 Å². The average Bonchev–Trinajstić information content (AvgIpc) is 3.13. The number of rotatable bonds is 8. The van der Waals surface area contributed by atoms with Crippen molar-refractivity contribution in [2.45, 2.75) is 34.2 Å². The molecule has 1 heterocycles. The Kier molecular flexibility index (Phi) is 6.68. The number of aromatic nitrogens is 2. The van der Waals surface area contributed by atoms with E-state index in [1.54, 1.807) is 11.8 Å². The third-order valence-electron chi connectivity index (χ3n) is 4.13. The lowest BCUT2D eigenvalue weighted by Gasteiger charge is -2.23. The van der Waals surface area contributed by atoms with Crippen LogP contribution in [0.3, 0.4) is 0 Å². The highest BCUT2D eigenvalue weighted by molar-refractivity contribution is 7.99. The van der Waals surface area contributed by atoms with Crippen LogP contribution in [-0.2, 0) is 0 Å². The summed E-state index contributed by atoms with van der Waals surface area (Å²) in [6.45, 7) is 3.07. The van der Waals surface area contributed by atoms with Gasteiger partial charge in [-0.25, -0.2) is 9.98 Å². The van der Waals surface area contributed by atoms with Crippen molar-refractivity contribution in [3.05, 3.63) is 60.9 Å². The quantitative estimate of drug-likeness (QED) is 0.244. The Balaban J connectivity index is 1.70. The summed E-state index contributed by atoms with van der Waals surface area (Å²) in [6.07, 6.45) is -6.02. The standard InChI is InChI=1S/C20H21N3O5S/c1-11(24)17(26)19(28)18(27)16(25)10-21-20-22-14-8-7-13(9-15(14)23-20)29-12-5-3-2-4-6-12/h2-10,16-19,24-28H,1H2,(H,22,23)/b21-10+. The molecular formula is C20H21N3O5S. The number of hydrogen-bond donors (Lipinski definition) is 6. The van der Waals surface area contributed by atoms with E-state index in [0.717, 1.165) is 21.5 Å². The molecule has 2 aromatic carbocycles. The van der Waals surface area contributed by atoms with Crippen LogP contribution in [-0.4, -0.2) is 66.1 Å². The molecule has 0 saturated heterocycles. The van der Waals surface area contributed by atoms with Crippen LogP contribution in [0.4, 0.5) is 5.95 Å². The summed E-state index contributed by atoms with van der Waals surface area (Å²) >= 11 is 1.60. The fourth-order valence-corrected chi connectivity index (χ4v) is 3.42. The van der Waals surface area contributed by atoms with Gasteiger partial charge in [0.1, 0.15) is 30.2 Å². The lowest BCUT2D eigenvalue weighted by molar-refractivity contribution is -0.0854. The molecule has 0 bridgehead atoms. The molecule has 29 heavy (non-hydrogen) atoms. The highest BCUT2D eigenvalue weighted by Gasteiger charge is 2.31. The van der Waals surface area contributed by atoms with E-state index in [2.05, 4.69) is 21.5 Å². The van der Waals surface area contributed by atoms with Gasteiger partial charge in [0, 0.05) is 16.0 Å². The predicted molar refractivity (Wildman–Crippen MR) is 111 cm³/mol. The zero-order valence-electron chi connectivity index (χ0n) is 15.3. The number of benzene rings is 2. The normalized spacial score (nSPS) is 16.0. The zero-order chi connectivity index (χ0) is 21.0. The van der Waals surface area contributed by atoms with Crippen molar-refractivity contribution >= 4 is 35.0 Å². The molecule has 9 heteroatoms. The number of H-pyrrole nitrogens is 1. The van der Waals surface area contributed by atoms with Gasteiger partial charge < -0.3 is 30.5 Å². The number of nitrogens with one attached hydrogen (secondary N) is 1. The van der Waals surface area contributed by atoms with Crippen molar-refractivity contribution in [2.24, 2.45) is 4.99 Å². The molecule has 1 aromatic heterocycles. The summed E-state index contributed by atoms with van der Waals surface area (Å²) < 4.78 is 0. The molecule has 8 nitrogen and oxygen atoms in total. The topological polar surface area (TPSA) is 142 Å². The summed E-state index contributed by atoms with van der Waals surface area (Å²) in [7, 11) is 0. The molecule has 0 fully saturated rings. The number of aromatic amines is 1. The highest BCUT2D eigenvalue weighted by Crippen LogP contribution is 2.30. The molecule has 0 aliphatic rings. The number of fused-ring (bicyclic) bond motifs is 1. The summed E-state index contributed by atoms with van der Waals surface area (Å²) in [5.41, 5.74) is 1.43. The first-order valence-electron chi connectivity index (χ1n) is 8.72. The molecule has 0 amide bonds. The largest absolute Gasteiger partial charge is 0.510 e. The third kappa shape index (κ3) is 5.22. The number of imidazole rings is 1. The van der Waals surface area contributed by atoms with Crippen LogP contribution in [0.15, 0.2) is 75.7 Å². The van der Waals surface area contributed by atoms with Gasteiger partial charge in [0.15, 0.2) is 0 Å². The first-order valence-corrected chi connectivity index (χ1v) is 9.53. The summed E-state index contributed by atoms with van der Waals surface area (Å²) in [4.78, 5) is 13.4. The van der Waals surface area contributed by atoms with Crippen LogP contribution in [0.25, 0.3) is 11.0 Å². The minimum atomic E-state index is -1.83. The lowest BCUT2D eigenvalue weighted by Crippen LogP contribution is -2.45. The van der Waals surface area contributed by atoms with Gasteiger partial charge >= 0.3 is 0 Å². The molecule has 0 spiro atoms. The second-order valence-corrected chi connectivity index (χ2v) is 7.49. The van der Waals surface area contributed by atoms with Crippen LogP contribution in [0.1, 0.15) is 0 Å². The van der Waals surface area contributed by atoms with Gasteiger partial charge in [-0.2, -0.15) is 0 Å². The maximum atomic E-state index is 9.94. The molecular weight excluding hydrogens is 394 g/mol. The van der Waals surface area contributed by atoms with Gasteiger partial charge in [-0.3, -0.25) is 0 Å². The van der Waals surface area contributed by atoms with Crippen molar-refractivity contribution in [2.75, 3.05) is 0 Å². The Hall–Kier alpha value is -2.69. The Bertz CT molecular complexity index is 1010. The highest BCUT2D eigenvalue weighted by atomic mass is 32.2. The van der Waals surface area contributed by atoms with Crippen molar-refractivity contribution in [3.63, 3.8) is 0 Å². The van der Waals surface area contributed by atoms with E-state index in [4.69, 9.17) is 5.11 Å². The maximum Gasteiger partial charge on any atom is 0.227 e. The number of aliphatic hydroxyl groups is 5. The van der Waals surface area contributed by atoms with Gasteiger partial charge in [0.2, 0.25) is 5.95 Å². The molecule has 0 radical (unpaired) electrons. The first kappa shape index (κ1) is 21.0. The minimum absolute atomic E-state index is 0.203. The van der Waals surface area contributed by atoms with Crippen LogP contribution in [0.2, 0.25) is 0 Å². The van der Waals surface area contributed by atoms with Crippen molar-refractivity contribution in [1.29, 1.82) is 0 Å². The Morgan fingerprint density at radius 1 is 1.03 bits per heavy atom. The summed E-state index contributed by atoms with van der Waals surface area (Å²) in [5, 5.41) is 48.1. The second kappa shape index (κ2) is 9.21. The molecule has 4 atom stereocenters. The predicted octanol–water partition coefficient (Wildman–Crippen LogP) is 1.93. The fourth-order valence-electron chi connectivity index (χ4n) is 2.55. The van der Waals surface area contributed by atoms with Gasteiger partial charge in [0.25, 0.3) is 0 Å². The van der Waals surface area contributed by atoms with Crippen LogP contribution >= 0.6 is 11.8 Å². The number of aliphatic imine (C=N–C) groups is 1. The molecule has 0 aliphatic heterocycles. The second-order valence-electron chi connectivity index (χ2n) is 6.34.